The standard InChI is InChI=1S/C11H13Cl2NOS/c1-11(2,13)8-5-4-7(6-9(8)12)14-10(16)15-3/h4-6H,1-3H3,(H,14,16). The molecule has 0 aliphatic heterocycles. The third kappa shape index (κ3) is 3.51. The molecule has 0 heterocycles. The summed E-state index contributed by atoms with van der Waals surface area (Å²) < 4.78 is 4.84. The van der Waals surface area contributed by atoms with Crippen LogP contribution in [0.2, 0.25) is 5.02 Å². The third-order valence-corrected chi connectivity index (χ3v) is 2.83. The van der Waals surface area contributed by atoms with Crippen LogP contribution in [0.3, 0.4) is 0 Å². The van der Waals surface area contributed by atoms with Crippen LogP contribution in [0.4, 0.5) is 5.69 Å². The highest BCUT2D eigenvalue weighted by molar-refractivity contribution is 7.80. The van der Waals surface area contributed by atoms with Crippen molar-refractivity contribution < 1.29 is 4.74 Å². The Morgan fingerprint density at radius 1 is 1.44 bits per heavy atom. The molecule has 2 nitrogen and oxygen atoms in total. The molecule has 0 spiro atoms. The highest BCUT2D eigenvalue weighted by atomic mass is 35.5. The van der Waals surface area contributed by atoms with E-state index in [2.05, 4.69) is 5.32 Å². The van der Waals surface area contributed by atoms with E-state index in [4.69, 9.17) is 40.2 Å². The third-order valence-electron chi connectivity index (χ3n) is 2.04. The topological polar surface area (TPSA) is 21.3 Å². The van der Waals surface area contributed by atoms with E-state index in [1.807, 2.05) is 26.0 Å². The molecule has 16 heavy (non-hydrogen) atoms. The molecule has 1 aromatic rings. The van der Waals surface area contributed by atoms with E-state index < -0.39 is 4.87 Å². The lowest BCUT2D eigenvalue weighted by atomic mass is 10.0. The minimum Gasteiger partial charge on any atom is -0.474 e. The largest absolute Gasteiger partial charge is 0.474 e. The van der Waals surface area contributed by atoms with Crippen LogP contribution in [0.15, 0.2) is 18.2 Å². The summed E-state index contributed by atoms with van der Waals surface area (Å²) in [5, 5.41) is 3.79. The summed E-state index contributed by atoms with van der Waals surface area (Å²) in [6, 6.07) is 5.50. The first-order chi connectivity index (χ1) is 7.34. The zero-order valence-electron chi connectivity index (χ0n) is 9.30. The number of methoxy groups -OCH3 is 1. The maximum atomic E-state index is 6.19. The highest BCUT2D eigenvalue weighted by Gasteiger charge is 2.19. The molecule has 0 atom stereocenters. The average Bonchev–Trinajstić information content (AvgIpc) is 2.15. The Morgan fingerprint density at radius 3 is 2.50 bits per heavy atom. The van der Waals surface area contributed by atoms with Crippen molar-refractivity contribution in [2.24, 2.45) is 0 Å². The van der Waals surface area contributed by atoms with Crippen molar-refractivity contribution >= 4 is 46.3 Å². The van der Waals surface area contributed by atoms with Gasteiger partial charge in [-0.3, -0.25) is 0 Å². The van der Waals surface area contributed by atoms with E-state index in [9.17, 15) is 0 Å². The van der Waals surface area contributed by atoms with Gasteiger partial charge in [-0.15, -0.1) is 11.6 Å². The zero-order valence-corrected chi connectivity index (χ0v) is 11.6. The number of halogens is 2. The van der Waals surface area contributed by atoms with Gasteiger partial charge in [0.15, 0.2) is 0 Å². The summed E-state index contributed by atoms with van der Waals surface area (Å²) in [7, 11) is 1.51. The number of hydrogen-bond donors (Lipinski definition) is 1. The lowest BCUT2D eigenvalue weighted by Crippen LogP contribution is -2.12. The van der Waals surface area contributed by atoms with Crippen molar-refractivity contribution in [3.8, 4) is 0 Å². The summed E-state index contributed by atoms with van der Waals surface area (Å²) in [5.41, 5.74) is 1.66. The molecular weight excluding hydrogens is 265 g/mol. The van der Waals surface area contributed by atoms with Crippen LogP contribution in [0, 0.1) is 0 Å². The molecule has 0 amide bonds. The van der Waals surface area contributed by atoms with Gasteiger partial charge < -0.3 is 10.1 Å². The van der Waals surface area contributed by atoms with E-state index in [-0.39, 0.29) is 0 Å². The van der Waals surface area contributed by atoms with Gasteiger partial charge in [-0.05, 0) is 43.8 Å². The van der Waals surface area contributed by atoms with Gasteiger partial charge in [-0.25, -0.2) is 0 Å². The van der Waals surface area contributed by atoms with Gasteiger partial charge in [0.2, 0.25) is 0 Å². The lowest BCUT2D eigenvalue weighted by Gasteiger charge is -2.18. The van der Waals surface area contributed by atoms with Crippen LogP contribution < -0.4 is 5.32 Å². The van der Waals surface area contributed by atoms with Gasteiger partial charge in [0, 0.05) is 10.7 Å². The number of benzene rings is 1. The van der Waals surface area contributed by atoms with E-state index in [1.165, 1.54) is 7.11 Å². The Kier molecular flexibility index (Phi) is 4.42. The first kappa shape index (κ1) is 13.6. The normalized spacial score (nSPS) is 11.1. The molecule has 0 radical (unpaired) electrons. The van der Waals surface area contributed by atoms with Gasteiger partial charge >= 0.3 is 0 Å². The Morgan fingerprint density at radius 2 is 2.06 bits per heavy atom. The molecule has 0 bridgehead atoms. The molecule has 0 fully saturated rings. The quantitative estimate of drug-likeness (QED) is 0.648. The Balaban J connectivity index is 2.96. The molecule has 5 heteroatoms. The molecule has 1 N–H and O–H groups in total. The molecule has 0 aliphatic carbocycles. The number of anilines is 1. The van der Waals surface area contributed by atoms with Crippen LogP contribution >= 0.6 is 35.4 Å². The number of nitrogens with one attached hydrogen (secondary N) is 1. The molecule has 0 aliphatic rings. The van der Waals surface area contributed by atoms with E-state index in [0.29, 0.717) is 10.2 Å². The fourth-order valence-electron chi connectivity index (χ4n) is 1.24. The second-order valence-corrected chi connectivity index (χ2v) is 5.51. The minimum atomic E-state index is -0.489. The molecule has 0 saturated carbocycles. The maximum Gasteiger partial charge on any atom is 0.260 e. The second-order valence-electron chi connectivity index (χ2n) is 3.78. The van der Waals surface area contributed by atoms with Crippen LogP contribution in [-0.4, -0.2) is 12.3 Å². The smallest absolute Gasteiger partial charge is 0.260 e. The monoisotopic (exact) mass is 277 g/mol. The first-order valence-electron chi connectivity index (χ1n) is 4.68. The van der Waals surface area contributed by atoms with Crippen molar-refractivity contribution in [2.75, 3.05) is 12.4 Å². The first-order valence-corrected chi connectivity index (χ1v) is 5.85. The number of hydrogen-bond acceptors (Lipinski definition) is 2. The minimum absolute atomic E-state index is 0.300. The highest BCUT2D eigenvalue weighted by Crippen LogP contribution is 2.34. The SMILES string of the molecule is COC(=S)Nc1ccc(C(C)(C)Cl)c(Cl)c1. The molecule has 1 aromatic carbocycles. The summed E-state index contributed by atoms with van der Waals surface area (Å²) in [6.45, 7) is 3.78. The molecule has 0 saturated heterocycles. The lowest BCUT2D eigenvalue weighted by molar-refractivity contribution is 0.413. The van der Waals surface area contributed by atoms with Crippen molar-refractivity contribution in [2.45, 2.75) is 18.7 Å². The molecule has 0 aromatic heterocycles. The van der Waals surface area contributed by atoms with Gasteiger partial charge in [0.25, 0.3) is 5.17 Å². The van der Waals surface area contributed by atoms with E-state index in [1.54, 1.807) is 6.07 Å². The summed E-state index contributed by atoms with van der Waals surface area (Å²) in [4.78, 5) is -0.489. The van der Waals surface area contributed by atoms with Gasteiger partial charge in [-0.2, -0.15) is 0 Å². The van der Waals surface area contributed by atoms with Crippen LogP contribution in [0.1, 0.15) is 19.4 Å². The molecule has 88 valence electrons. The van der Waals surface area contributed by atoms with Crippen LogP contribution in [-0.2, 0) is 9.61 Å². The average molecular weight is 278 g/mol. The number of ether oxygens (including phenoxy) is 1. The fraction of sp³-hybridized carbons (Fsp3) is 0.364. The van der Waals surface area contributed by atoms with Gasteiger partial charge in [0.05, 0.1) is 12.0 Å². The molecule has 1 rings (SSSR count). The summed E-state index contributed by atoms with van der Waals surface area (Å²) in [5.74, 6) is 0. The molecular formula is C11H13Cl2NOS. The van der Waals surface area contributed by atoms with E-state index in [0.717, 1.165) is 11.3 Å². The van der Waals surface area contributed by atoms with E-state index >= 15 is 0 Å². The Hall–Kier alpha value is -0.510. The van der Waals surface area contributed by atoms with Gasteiger partial charge in [0.1, 0.15) is 0 Å². The predicted molar refractivity (Wildman–Crippen MR) is 73.6 cm³/mol. The van der Waals surface area contributed by atoms with Crippen molar-refractivity contribution in [3.05, 3.63) is 28.8 Å². The second kappa shape index (κ2) is 5.21. The number of alkyl halides is 1. The predicted octanol–water partition coefficient (Wildman–Crippen LogP) is 4.16. The Bertz CT molecular complexity index is 401. The molecule has 0 unspecified atom stereocenters. The van der Waals surface area contributed by atoms with Crippen molar-refractivity contribution in [1.29, 1.82) is 0 Å². The van der Waals surface area contributed by atoms with Crippen molar-refractivity contribution in [3.63, 3.8) is 0 Å². The van der Waals surface area contributed by atoms with Crippen molar-refractivity contribution in [1.82, 2.24) is 0 Å². The van der Waals surface area contributed by atoms with Crippen LogP contribution in [0.25, 0.3) is 0 Å². The Labute approximate surface area is 111 Å². The maximum absolute atomic E-state index is 6.19. The zero-order chi connectivity index (χ0) is 12.3. The fourth-order valence-corrected chi connectivity index (χ4v) is 1.99. The summed E-state index contributed by atoms with van der Waals surface area (Å²) in [6.07, 6.45) is 0. The number of thiocarbonyl (C=S) groups is 1. The summed E-state index contributed by atoms with van der Waals surface area (Å²) >= 11 is 17.2. The van der Waals surface area contributed by atoms with Crippen LogP contribution in [0.5, 0.6) is 0 Å². The number of rotatable bonds is 2. The van der Waals surface area contributed by atoms with Gasteiger partial charge in [-0.1, -0.05) is 17.7 Å².